The van der Waals surface area contributed by atoms with Crippen LogP contribution in [0.1, 0.15) is 37.7 Å². The zero-order valence-corrected chi connectivity index (χ0v) is 12.8. The van der Waals surface area contributed by atoms with Crippen LogP contribution in [0.3, 0.4) is 0 Å². The summed E-state index contributed by atoms with van der Waals surface area (Å²) >= 11 is 6.36. The maximum absolute atomic E-state index is 8.98. The van der Waals surface area contributed by atoms with Gasteiger partial charge in [-0.3, -0.25) is 4.90 Å². The molecule has 1 fully saturated rings. The summed E-state index contributed by atoms with van der Waals surface area (Å²) in [6.45, 7) is 0. The van der Waals surface area contributed by atoms with E-state index in [1.54, 1.807) is 18.2 Å². The summed E-state index contributed by atoms with van der Waals surface area (Å²) in [5.41, 5.74) is 12.7. The third kappa shape index (κ3) is 2.38. The Morgan fingerprint density at radius 2 is 1.95 bits per heavy atom. The Hall–Kier alpha value is -2.26. The van der Waals surface area contributed by atoms with E-state index >= 15 is 0 Å². The molecule has 2 aliphatic rings. The topological polar surface area (TPSA) is 104 Å². The van der Waals surface area contributed by atoms with Crippen LogP contribution in [0.4, 0.5) is 5.69 Å². The van der Waals surface area contributed by atoms with Crippen LogP contribution in [0.2, 0.25) is 5.02 Å². The number of nitrogens with zero attached hydrogens (tertiary/aromatic N) is 4. The van der Waals surface area contributed by atoms with Crippen LogP contribution in [0.15, 0.2) is 28.2 Å². The van der Waals surface area contributed by atoms with E-state index in [2.05, 4.69) is 16.1 Å². The largest absolute Gasteiger partial charge is 0.369 e. The number of nitrogens with two attached hydrogens (primary N) is 2. The minimum absolute atomic E-state index is 0.209. The molecule has 0 aromatic heterocycles. The van der Waals surface area contributed by atoms with Crippen LogP contribution in [-0.2, 0) is 0 Å². The quantitative estimate of drug-likeness (QED) is 0.829. The first-order valence-corrected chi connectivity index (χ1v) is 7.63. The summed E-state index contributed by atoms with van der Waals surface area (Å²) in [6, 6.07) is 7.21. The lowest BCUT2D eigenvalue weighted by atomic mass is 9.87. The van der Waals surface area contributed by atoms with E-state index in [1.807, 2.05) is 4.90 Å². The average molecular weight is 317 g/mol. The highest BCUT2D eigenvalue weighted by Gasteiger charge is 2.43. The van der Waals surface area contributed by atoms with Gasteiger partial charge in [-0.25, -0.2) is 4.99 Å². The van der Waals surface area contributed by atoms with Crippen molar-refractivity contribution in [3.05, 3.63) is 28.8 Å². The van der Waals surface area contributed by atoms with Crippen LogP contribution in [0.5, 0.6) is 0 Å². The molecule has 22 heavy (non-hydrogen) atoms. The Labute approximate surface area is 134 Å². The van der Waals surface area contributed by atoms with Crippen LogP contribution in [0.25, 0.3) is 0 Å². The lowest BCUT2D eigenvalue weighted by Crippen LogP contribution is -2.58. The van der Waals surface area contributed by atoms with Gasteiger partial charge in [0.25, 0.3) is 0 Å². The van der Waals surface area contributed by atoms with Gasteiger partial charge in [-0.15, -0.1) is 0 Å². The number of nitriles is 1. The molecule has 6 nitrogen and oxygen atoms in total. The molecule has 0 atom stereocenters. The van der Waals surface area contributed by atoms with Crippen molar-refractivity contribution in [1.82, 2.24) is 0 Å². The van der Waals surface area contributed by atoms with Gasteiger partial charge in [-0.1, -0.05) is 18.0 Å². The summed E-state index contributed by atoms with van der Waals surface area (Å²) in [7, 11) is 0. The van der Waals surface area contributed by atoms with E-state index in [0.717, 1.165) is 25.7 Å². The first kappa shape index (κ1) is 14.7. The molecule has 1 saturated carbocycles. The van der Waals surface area contributed by atoms with Gasteiger partial charge in [0.05, 0.1) is 22.3 Å². The van der Waals surface area contributed by atoms with Gasteiger partial charge < -0.3 is 11.5 Å². The Balaban J connectivity index is 2.10. The van der Waals surface area contributed by atoms with E-state index in [4.69, 9.17) is 28.3 Å². The minimum atomic E-state index is -0.522. The number of halogens is 1. The molecule has 0 unspecified atom stereocenters. The van der Waals surface area contributed by atoms with E-state index in [0.29, 0.717) is 22.2 Å². The molecule has 114 valence electrons. The van der Waals surface area contributed by atoms with Gasteiger partial charge in [-0.2, -0.15) is 10.3 Å². The molecular formula is C15H17ClN6. The van der Waals surface area contributed by atoms with Gasteiger partial charge in [0, 0.05) is 0 Å². The molecule has 3 rings (SSSR count). The number of aliphatic imine (C=N–C) groups is 2. The molecule has 1 heterocycles. The van der Waals surface area contributed by atoms with Crippen molar-refractivity contribution in [1.29, 1.82) is 5.26 Å². The van der Waals surface area contributed by atoms with Crippen LogP contribution >= 0.6 is 11.6 Å². The van der Waals surface area contributed by atoms with Crippen molar-refractivity contribution in [2.45, 2.75) is 37.8 Å². The number of anilines is 1. The van der Waals surface area contributed by atoms with E-state index < -0.39 is 5.66 Å². The van der Waals surface area contributed by atoms with Crippen molar-refractivity contribution in [2.24, 2.45) is 21.5 Å². The molecule has 1 aliphatic heterocycles. The Bertz CT molecular complexity index is 696. The Morgan fingerprint density at radius 1 is 1.23 bits per heavy atom. The highest BCUT2D eigenvalue weighted by Crippen LogP contribution is 2.41. The molecule has 0 amide bonds. The molecule has 1 spiro atoms. The smallest absolute Gasteiger partial charge is 0.220 e. The maximum Gasteiger partial charge on any atom is 0.220 e. The van der Waals surface area contributed by atoms with Crippen molar-refractivity contribution in [2.75, 3.05) is 4.90 Å². The first-order valence-electron chi connectivity index (χ1n) is 7.25. The fourth-order valence-corrected chi connectivity index (χ4v) is 3.49. The number of benzene rings is 1. The lowest BCUT2D eigenvalue weighted by molar-refractivity contribution is 0.305. The molecule has 0 saturated heterocycles. The van der Waals surface area contributed by atoms with Gasteiger partial charge in [-0.05, 0) is 43.9 Å². The SMILES string of the molecule is N#Cc1ccc(N2C(N)=NC(N)=NC23CCCCC3)c(Cl)c1. The van der Waals surface area contributed by atoms with Crippen LogP contribution in [0, 0.1) is 11.3 Å². The summed E-state index contributed by atoms with van der Waals surface area (Å²) in [5, 5.41) is 9.44. The second kappa shape index (κ2) is 5.50. The highest BCUT2D eigenvalue weighted by molar-refractivity contribution is 6.34. The molecule has 0 bridgehead atoms. The summed E-state index contributed by atoms with van der Waals surface area (Å²) in [6.07, 6.45) is 4.96. The van der Waals surface area contributed by atoms with E-state index in [-0.39, 0.29) is 5.96 Å². The van der Waals surface area contributed by atoms with Gasteiger partial charge in [0.15, 0.2) is 0 Å². The van der Waals surface area contributed by atoms with E-state index in [9.17, 15) is 0 Å². The van der Waals surface area contributed by atoms with Gasteiger partial charge >= 0.3 is 0 Å². The zero-order valence-electron chi connectivity index (χ0n) is 12.1. The predicted octanol–water partition coefficient (Wildman–Crippen LogP) is 2.32. The number of rotatable bonds is 1. The number of guanidine groups is 2. The molecule has 1 aliphatic carbocycles. The Kier molecular flexibility index (Phi) is 3.67. The second-order valence-electron chi connectivity index (χ2n) is 5.60. The van der Waals surface area contributed by atoms with Gasteiger partial charge in [0.2, 0.25) is 11.9 Å². The fourth-order valence-electron chi connectivity index (χ4n) is 3.23. The molecule has 1 aromatic carbocycles. The molecule has 1 aromatic rings. The van der Waals surface area contributed by atoms with Crippen molar-refractivity contribution < 1.29 is 0 Å². The van der Waals surface area contributed by atoms with Crippen molar-refractivity contribution in [3.63, 3.8) is 0 Å². The number of hydrogen-bond donors (Lipinski definition) is 2. The minimum Gasteiger partial charge on any atom is -0.369 e. The third-order valence-electron chi connectivity index (χ3n) is 4.17. The fraction of sp³-hybridized carbons (Fsp3) is 0.400. The maximum atomic E-state index is 8.98. The van der Waals surface area contributed by atoms with E-state index in [1.165, 1.54) is 6.42 Å². The lowest BCUT2D eigenvalue weighted by Gasteiger charge is -2.45. The number of hydrogen-bond acceptors (Lipinski definition) is 6. The van der Waals surface area contributed by atoms with Gasteiger partial charge in [0.1, 0.15) is 5.66 Å². The Morgan fingerprint density at radius 3 is 2.59 bits per heavy atom. The van der Waals surface area contributed by atoms with Crippen molar-refractivity contribution in [3.8, 4) is 6.07 Å². The molecular weight excluding hydrogens is 300 g/mol. The van der Waals surface area contributed by atoms with Crippen LogP contribution in [-0.4, -0.2) is 17.6 Å². The summed E-state index contributed by atoms with van der Waals surface area (Å²) in [5.74, 6) is 0.501. The normalized spacial score (nSPS) is 20.3. The van der Waals surface area contributed by atoms with Crippen molar-refractivity contribution >= 4 is 29.2 Å². The predicted molar refractivity (Wildman–Crippen MR) is 87.7 cm³/mol. The first-order chi connectivity index (χ1) is 10.6. The highest BCUT2D eigenvalue weighted by atomic mass is 35.5. The average Bonchev–Trinajstić information content (AvgIpc) is 2.48. The molecule has 7 heteroatoms. The summed E-state index contributed by atoms with van der Waals surface area (Å²) in [4.78, 5) is 10.6. The zero-order chi connectivity index (χ0) is 15.7. The second-order valence-corrected chi connectivity index (χ2v) is 6.00. The monoisotopic (exact) mass is 316 g/mol. The van der Waals surface area contributed by atoms with Crippen LogP contribution < -0.4 is 16.4 Å². The third-order valence-corrected chi connectivity index (χ3v) is 4.47. The summed E-state index contributed by atoms with van der Waals surface area (Å²) < 4.78 is 0. The standard InChI is InChI=1S/C15H17ClN6/c16-11-8-10(9-17)4-5-12(11)22-14(19)20-13(18)21-15(22)6-2-1-3-7-15/h4-5,8H,1-3,6-7H2,(H4,18,19,20,21). The molecule has 4 N–H and O–H groups in total. The molecule has 0 radical (unpaired) electrons.